The Balaban J connectivity index is 0.00000242. The summed E-state index contributed by atoms with van der Waals surface area (Å²) in [5.74, 6) is 3.10. The number of rotatable bonds is 6. The molecule has 124 valence electrons. The zero-order valence-corrected chi connectivity index (χ0v) is 16.3. The Labute approximate surface area is 151 Å². The van der Waals surface area contributed by atoms with Crippen molar-refractivity contribution in [2.24, 2.45) is 16.8 Å². The molecule has 1 aromatic carbocycles. The van der Waals surface area contributed by atoms with Crippen molar-refractivity contribution >= 4 is 29.9 Å². The lowest BCUT2D eigenvalue weighted by Crippen LogP contribution is -2.38. The highest BCUT2D eigenvalue weighted by atomic mass is 127. The lowest BCUT2D eigenvalue weighted by Gasteiger charge is -2.13. The first-order valence-electron chi connectivity index (χ1n) is 7.77. The molecule has 1 aliphatic rings. The van der Waals surface area contributed by atoms with Gasteiger partial charge in [-0.05, 0) is 36.0 Å². The van der Waals surface area contributed by atoms with E-state index in [2.05, 4.69) is 48.5 Å². The molecule has 1 aromatic rings. The molecule has 2 N–H and O–H groups in total. The Hall–Kier alpha value is -0.980. The van der Waals surface area contributed by atoms with Gasteiger partial charge in [-0.25, -0.2) is 0 Å². The second-order valence-electron chi connectivity index (χ2n) is 6.24. The van der Waals surface area contributed by atoms with Gasteiger partial charge in [-0.15, -0.1) is 24.0 Å². The molecule has 22 heavy (non-hydrogen) atoms. The summed E-state index contributed by atoms with van der Waals surface area (Å²) in [6.45, 7) is 8.06. The fraction of sp³-hybridized carbons (Fsp3) is 0.588. The standard InChI is InChI=1S/C17H27N3O.HI/c1-12(2)11-21-15-7-5-6-14(9-15)10-19-17(18-4)20-16-8-13(16)3;/h5-7,9,12-13,16H,8,10-11H2,1-4H3,(H2,18,19,20);1H. The number of ether oxygens (including phenoxy) is 1. The number of aliphatic imine (C=N–C) groups is 1. The van der Waals surface area contributed by atoms with Crippen LogP contribution in [0.25, 0.3) is 0 Å². The van der Waals surface area contributed by atoms with Gasteiger partial charge in [-0.1, -0.05) is 32.9 Å². The molecule has 2 unspecified atom stereocenters. The molecule has 1 saturated carbocycles. The molecule has 2 rings (SSSR count). The molecule has 1 fully saturated rings. The van der Waals surface area contributed by atoms with Crippen LogP contribution in [0.1, 0.15) is 32.8 Å². The minimum atomic E-state index is 0. The van der Waals surface area contributed by atoms with Gasteiger partial charge in [-0.2, -0.15) is 0 Å². The van der Waals surface area contributed by atoms with Gasteiger partial charge in [0.25, 0.3) is 0 Å². The highest BCUT2D eigenvalue weighted by Gasteiger charge is 2.33. The average molecular weight is 417 g/mol. The van der Waals surface area contributed by atoms with Crippen LogP contribution in [0.2, 0.25) is 0 Å². The average Bonchev–Trinajstić information content (AvgIpc) is 3.17. The molecular formula is C17H28IN3O. The van der Waals surface area contributed by atoms with Crippen LogP contribution in [-0.2, 0) is 6.54 Å². The smallest absolute Gasteiger partial charge is 0.191 e. The van der Waals surface area contributed by atoms with Gasteiger partial charge >= 0.3 is 0 Å². The summed E-state index contributed by atoms with van der Waals surface area (Å²) in [6, 6.07) is 8.80. The van der Waals surface area contributed by atoms with Crippen LogP contribution < -0.4 is 15.4 Å². The first kappa shape index (κ1) is 19.1. The van der Waals surface area contributed by atoms with E-state index in [4.69, 9.17) is 4.74 Å². The van der Waals surface area contributed by atoms with Gasteiger partial charge in [0.15, 0.2) is 5.96 Å². The van der Waals surface area contributed by atoms with E-state index >= 15 is 0 Å². The van der Waals surface area contributed by atoms with E-state index in [0.29, 0.717) is 12.0 Å². The van der Waals surface area contributed by atoms with Crippen LogP contribution >= 0.6 is 24.0 Å². The highest BCUT2D eigenvalue weighted by Crippen LogP contribution is 2.28. The van der Waals surface area contributed by atoms with Crippen LogP contribution in [-0.4, -0.2) is 25.7 Å². The quantitative estimate of drug-likeness (QED) is 0.424. The molecule has 4 nitrogen and oxygen atoms in total. The van der Waals surface area contributed by atoms with Gasteiger partial charge in [0.1, 0.15) is 5.75 Å². The van der Waals surface area contributed by atoms with Crippen LogP contribution in [0.4, 0.5) is 0 Å². The van der Waals surface area contributed by atoms with Crippen LogP contribution in [0.3, 0.4) is 0 Å². The Morgan fingerprint density at radius 3 is 2.73 bits per heavy atom. The molecule has 0 radical (unpaired) electrons. The first-order chi connectivity index (χ1) is 10.1. The number of nitrogens with zero attached hydrogens (tertiary/aromatic N) is 1. The molecule has 0 bridgehead atoms. The number of hydrogen-bond donors (Lipinski definition) is 2. The third-order valence-electron chi connectivity index (χ3n) is 3.60. The molecule has 0 aromatic heterocycles. The number of guanidine groups is 1. The monoisotopic (exact) mass is 417 g/mol. The summed E-state index contributed by atoms with van der Waals surface area (Å²) in [5.41, 5.74) is 1.20. The second-order valence-corrected chi connectivity index (χ2v) is 6.24. The maximum absolute atomic E-state index is 5.76. The minimum absolute atomic E-state index is 0. The molecule has 5 heteroatoms. The van der Waals surface area contributed by atoms with Crippen LogP contribution in [0, 0.1) is 11.8 Å². The summed E-state index contributed by atoms with van der Waals surface area (Å²) in [7, 11) is 1.81. The van der Waals surface area contributed by atoms with Gasteiger partial charge in [-0.3, -0.25) is 4.99 Å². The molecule has 0 spiro atoms. The van der Waals surface area contributed by atoms with Gasteiger partial charge in [0.05, 0.1) is 6.61 Å². The topological polar surface area (TPSA) is 45.7 Å². The number of halogens is 1. The number of nitrogens with one attached hydrogen (secondary N) is 2. The van der Waals surface area contributed by atoms with E-state index in [9.17, 15) is 0 Å². The van der Waals surface area contributed by atoms with Crippen molar-refractivity contribution in [1.29, 1.82) is 0 Å². The summed E-state index contributed by atoms with van der Waals surface area (Å²) in [4.78, 5) is 4.26. The second kappa shape index (κ2) is 9.22. The SMILES string of the molecule is CN=C(NCc1cccc(OCC(C)C)c1)NC1CC1C.I. The summed E-state index contributed by atoms with van der Waals surface area (Å²) in [6.07, 6.45) is 1.24. The zero-order valence-electron chi connectivity index (χ0n) is 13.9. The lowest BCUT2D eigenvalue weighted by molar-refractivity contribution is 0.271. The molecule has 0 saturated heterocycles. The van der Waals surface area contributed by atoms with Crippen molar-refractivity contribution in [2.45, 2.75) is 39.8 Å². The largest absolute Gasteiger partial charge is 0.493 e. The van der Waals surface area contributed by atoms with Gasteiger partial charge in [0, 0.05) is 19.6 Å². The lowest BCUT2D eigenvalue weighted by atomic mass is 10.2. The number of hydrogen-bond acceptors (Lipinski definition) is 2. The van der Waals surface area contributed by atoms with E-state index < -0.39 is 0 Å². The Morgan fingerprint density at radius 1 is 1.41 bits per heavy atom. The molecule has 0 aliphatic heterocycles. The Kier molecular flexibility index (Phi) is 8.00. The van der Waals surface area contributed by atoms with E-state index in [1.54, 1.807) is 0 Å². The van der Waals surface area contributed by atoms with E-state index in [-0.39, 0.29) is 24.0 Å². The minimum Gasteiger partial charge on any atom is -0.493 e. The molecular weight excluding hydrogens is 389 g/mol. The van der Waals surface area contributed by atoms with Crippen LogP contribution in [0.15, 0.2) is 29.3 Å². The third kappa shape index (κ3) is 6.42. The van der Waals surface area contributed by atoms with Crippen molar-refractivity contribution in [3.05, 3.63) is 29.8 Å². The molecule has 0 amide bonds. The zero-order chi connectivity index (χ0) is 15.2. The maximum Gasteiger partial charge on any atom is 0.191 e. The fourth-order valence-electron chi connectivity index (χ4n) is 2.09. The molecule has 2 atom stereocenters. The third-order valence-corrected chi connectivity index (χ3v) is 3.60. The van der Waals surface area contributed by atoms with Crippen molar-refractivity contribution in [1.82, 2.24) is 10.6 Å². The highest BCUT2D eigenvalue weighted by molar-refractivity contribution is 14.0. The summed E-state index contributed by atoms with van der Waals surface area (Å²) >= 11 is 0. The molecule has 1 aliphatic carbocycles. The van der Waals surface area contributed by atoms with Crippen LogP contribution in [0.5, 0.6) is 5.75 Å². The van der Waals surface area contributed by atoms with Crippen molar-refractivity contribution in [2.75, 3.05) is 13.7 Å². The van der Waals surface area contributed by atoms with E-state index in [1.807, 2.05) is 19.2 Å². The number of benzene rings is 1. The normalized spacial score (nSPS) is 20.3. The predicted molar refractivity (Wildman–Crippen MR) is 103 cm³/mol. The fourth-order valence-corrected chi connectivity index (χ4v) is 2.09. The molecule has 0 heterocycles. The van der Waals surface area contributed by atoms with Gasteiger partial charge in [0.2, 0.25) is 0 Å². The van der Waals surface area contributed by atoms with Crippen molar-refractivity contribution < 1.29 is 4.74 Å². The van der Waals surface area contributed by atoms with Crippen molar-refractivity contribution in [3.63, 3.8) is 0 Å². The Bertz CT molecular complexity index is 491. The summed E-state index contributed by atoms with van der Waals surface area (Å²) in [5, 5.41) is 6.78. The van der Waals surface area contributed by atoms with Crippen molar-refractivity contribution in [3.8, 4) is 5.75 Å². The first-order valence-corrected chi connectivity index (χ1v) is 7.77. The van der Waals surface area contributed by atoms with E-state index in [1.165, 1.54) is 12.0 Å². The van der Waals surface area contributed by atoms with Gasteiger partial charge < -0.3 is 15.4 Å². The maximum atomic E-state index is 5.76. The summed E-state index contributed by atoms with van der Waals surface area (Å²) < 4.78 is 5.76. The predicted octanol–water partition coefficient (Wildman–Crippen LogP) is 3.41. The van der Waals surface area contributed by atoms with E-state index in [0.717, 1.165) is 30.8 Å². The Morgan fingerprint density at radius 2 is 2.14 bits per heavy atom.